The van der Waals surface area contributed by atoms with Gasteiger partial charge in [0.1, 0.15) is 11.9 Å². The molecule has 6 nitrogen and oxygen atoms in total. The number of thiophene rings is 1. The molecule has 0 bridgehead atoms. The Bertz CT molecular complexity index is 1270. The van der Waals surface area contributed by atoms with Crippen LogP contribution in [0, 0.1) is 6.92 Å². The summed E-state index contributed by atoms with van der Waals surface area (Å²) in [5.74, 6) is 0.628. The number of likely N-dealkylation sites (tertiary alicyclic amines) is 1. The van der Waals surface area contributed by atoms with E-state index in [2.05, 4.69) is 24.1 Å². The number of pyridine rings is 1. The fourth-order valence-electron chi connectivity index (χ4n) is 4.90. The molecule has 2 aromatic heterocycles. The molecule has 2 saturated heterocycles. The van der Waals surface area contributed by atoms with Crippen molar-refractivity contribution in [3.05, 3.63) is 45.9 Å². The molecule has 2 aliphatic heterocycles. The first-order valence-corrected chi connectivity index (χ1v) is 12.8. The van der Waals surface area contributed by atoms with Crippen molar-refractivity contribution < 1.29 is 14.3 Å². The summed E-state index contributed by atoms with van der Waals surface area (Å²) in [6.45, 7) is 7.64. The van der Waals surface area contributed by atoms with Crippen molar-refractivity contribution in [2.45, 2.75) is 64.6 Å². The van der Waals surface area contributed by atoms with E-state index in [4.69, 9.17) is 16.3 Å². The van der Waals surface area contributed by atoms with E-state index in [1.807, 2.05) is 31.2 Å². The van der Waals surface area contributed by atoms with Gasteiger partial charge in [-0.2, -0.15) is 0 Å². The SMILES string of the molecule is Cc1cc(Cl)cc(-c2ccnc3cc(CN4C(=O)CCC4=O)sc23)c1OC1CCNC(C)(C)C1. The highest BCUT2D eigenvalue weighted by Gasteiger charge is 2.31. The van der Waals surface area contributed by atoms with E-state index in [-0.39, 0.29) is 23.5 Å². The summed E-state index contributed by atoms with van der Waals surface area (Å²) in [5, 5.41) is 4.20. The van der Waals surface area contributed by atoms with Gasteiger partial charge >= 0.3 is 0 Å². The number of hydrogen-bond donors (Lipinski definition) is 1. The summed E-state index contributed by atoms with van der Waals surface area (Å²) in [6.07, 6.45) is 4.35. The zero-order valence-corrected chi connectivity index (χ0v) is 21.2. The molecule has 0 radical (unpaired) electrons. The van der Waals surface area contributed by atoms with E-state index in [0.717, 1.165) is 56.9 Å². The van der Waals surface area contributed by atoms with E-state index in [1.54, 1.807) is 17.5 Å². The molecule has 2 amide bonds. The monoisotopic (exact) mass is 497 g/mol. The molecule has 0 spiro atoms. The summed E-state index contributed by atoms with van der Waals surface area (Å²) in [4.78, 5) is 31.0. The van der Waals surface area contributed by atoms with E-state index >= 15 is 0 Å². The number of piperidine rings is 1. The Morgan fingerprint density at radius 2 is 1.97 bits per heavy atom. The van der Waals surface area contributed by atoms with Crippen LogP contribution in [0.2, 0.25) is 5.02 Å². The van der Waals surface area contributed by atoms with Crippen molar-refractivity contribution in [2.24, 2.45) is 0 Å². The quantitative estimate of drug-likeness (QED) is 0.472. The predicted molar refractivity (Wildman–Crippen MR) is 135 cm³/mol. The maximum atomic E-state index is 12.1. The first-order valence-electron chi connectivity index (χ1n) is 11.6. The molecule has 5 rings (SSSR count). The number of nitrogens with one attached hydrogen (secondary N) is 1. The minimum Gasteiger partial charge on any atom is -0.489 e. The molecule has 1 unspecified atom stereocenters. The summed E-state index contributed by atoms with van der Waals surface area (Å²) in [6, 6.07) is 7.85. The second-order valence-corrected chi connectivity index (χ2v) is 11.4. The fraction of sp³-hybridized carbons (Fsp3) is 0.423. The second kappa shape index (κ2) is 8.95. The Balaban J connectivity index is 1.53. The lowest BCUT2D eigenvalue weighted by molar-refractivity contribution is -0.138. The number of hydrogen-bond acceptors (Lipinski definition) is 6. The highest BCUT2D eigenvalue weighted by Crippen LogP contribution is 2.42. The Labute approximate surface area is 208 Å². The van der Waals surface area contributed by atoms with Crippen molar-refractivity contribution in [1.82, 2.24) is 15.2 Å². The number of benzene rings is 1. The van der Waals surface area contributed by atoms with Crippen LogP contribution in [0.3, 0.4) is 0 Å². The third-order valence-corrected chi connectivity index (χ3v) is 7.91. The number of nitrogens with zero attached hydrogens (tertiary/aromatic N) is 2. The minimum absolute atomic E-state index is 0.0282. The zero-order chi connectivity index (χ0) is 24.0. The second-order valence-electron chi connectivity index (χ2n) is 9.80. The maximum Gasteiger partial charge on any atom is 0.230 e. The van der Waals surface area contributed by atoms with Crippen molar-refractivity contribution in [1.29, 1.82) is 0 Å². The Kier molecular flexibility index (Phi) is 6.12. The van der Waals surface area contributed by atoms with Crippen LogP contribution in [0.25, 0.3) is 21.3 Å². The smallest absolute Gasteiger partial charge is 0.230 e. The lowest BCUT2D eigenvalue weighted by Crippen LogP contribution is -2.49. The van der Waals surface area contributed by atoms with Gasteiger partial charge in [0.15, 0.2) is 0 Å². The first-order chi connectivity index (χ1) is 16.2. The average Bonchev–Trinajstić information content (AvgIpc) is 3.32. The van der Waals surface area contributed by atoms with Crippen LogP contribution in [0.15, 0.2) is 30.5 Å². The van der Waals surface area contributed by atoms with Gasteiger partial charge in [-0.25, -0.2) is 0 Å². The number of amides is 2. The van der Waals surface area contributed by atoms with E-state index in [9.17, 15) is 9.59 Å². The number of fused-ring (bicyclic) bond motifs is 1. The van der Waals surface area contributed by atoms with E-state index in [1.165, 1.54) is 4.90 Å². The van der Waals surface area contributed by atoms with Crippen LogP contribution >= 0.6 is 22.9 Å². The van der Waals surface area contributed by atoms with Crippen LogP contribution in [-0.2, 0) is 16.1 Å². The van der Waals surface area contributed by atoms with Gasteiger partial charge in [-0.1, -0.05) is 11.6 Å². The van der Waals surface area contributed by atoms with Crippen LogP contribution in [0.1, 0.15) is 50.0 Å². The molecule has 2 aliphatic rings. The van der Waals surface area contributed by atoms with Crippen LogP contribution in [0.4, 0.5) is 0 Å². The number of aromatic nitrogens is 1. The molecular weight excluding hydrogens is 470 g/mol. The van der Waals surface area contributed by atoms with Gasteiger partial charge in [0.2, 0.25) is 11.8 Å². The molecule has 1 aromatic carbocycles. The first kappa shape index (κ1) is 23.3. The Hall–Kier alpha value is -2.48. The largest absolute Gasteiger partial charge is 0.489 e. The van der Waals surface area contributed by atoms with Gasteiger partial charge in [-0.3, -0.25) is 19.5 Å². The zero-order valence-electron chi connectivity index (χ0n) is 19.6. The lowest BCUT2D eigenvalue weighted by atomic mass is 9.91. The van der Waals surface area contributed by atoms with Gasteiger partial charge in [0.05, 0.1) is 16.8 Å². The molecule has 8 heteroatoms. The van der Waals surface area contributed by atoms with Gasteiger partial charge in [-0.05, 0) is 63.6 Å². The number of rotatable bonds is 5. The number of carbonyl (C=O) groups is 2. The molecule has 178 valence electrons. The summed E-state index contributed by atoms with van der Waals surface area (Å²) < 4.78 is 7.64. The molecule has 1 atom stereocenters. The number of ether oxygens (including phenoxy) is 1. The van der Waals surface area contributed by atoms with Crippen LogP contribution in [-0.4, -0.2) is 39.9 Å². The third kappa shape index (κ3) is 4.57. The van der Waals surface area contributed by atoms with E-state index < -0.39 is 0 Å². The standard InChI is InChI=1S/C26H28ClN3O3S/c1-15-10-16(27)11-20(24(15)33-17-6-9-29-26(2,3)13-17)19-7-8-28-21-12-18(34-25(19)21)14-30-22(31)4-5-23(30)32/h7-8,10-12,17,29H,4-6,9,13-14H2,1-3H3. The highest BCUT2D eigenvalue weighted by molar-refractivity contribution is 7.19. The van der Waals surface area contributed by atoms with E-state index in [0.29, 0.717) is 24.4 Å². The van der Waals surface area contributed by atoms with Gasteiger partial charge in [0.25, 0.3) is 0 Å². The molecule has 0 saturated carbocycles. The lowest BCUT2D eigenvalue weighted by Gasteiger charge is -2.37. The van der Waals surface area contributed by atoms with Gasteiger partial charge in [-0.15, -0.1) is 11.3 Å². The summed E-state index contributed by atoms with van der Waals surface area (Å²) in [7, 11) is 0. The van der Waals surface area contributed by atoms with Gasteiger partial charge in [0, 0.05) is 52.0 Å². The molecule has 1 N–H and O–H groups in total. The number of carbonyl (C=O) groups excluding carboxylic acids is 2. The number of aryl methyl sites for hydroxylation is 1. The fourth-order valence-corrected chi connectivity index (χ4v) is 6.30. The predicted octanol–water partition coefficient (Wildman–Crippen LogP) is 5.48. The van der Waals surface area contributed by atoms with Crippen LogP contribution < -0.4 is 10.1 Å². The summed E-state index contributed by atoms with van der Waals surface area (Å²) >= 11 is 8.06. The van der Waals surface area contributed by atoms with Crippen molar-refractivity contribution in [2.75, 3.05) is 6.54 Å². The van der Waals surface area contributed by atoms with Crippen molar-refractivity contribution in [3.8, 4) is 16.9 Å². The molecular formula is C26H28ClN3O3S. The van der Waals surface area contributed by atoms with Crippen molar-refractivity contribution in [3.63, 3.8) is 0 Å². The molecule has 0 aliphatic carbocycles. The topological polar surface area (TPSA) is 71.5 Å². The molecule has 4 heterocycles. The average molecular weight is 498 g/mol. The summed E-state index contributed by atoms with van der Waals surface area (Å²) in [5.41, 5.74) is 3.79. The molecule has 2 fully saturated rings. The molecule has 34 heavy (non-hydrogen) atoms. The number of imide groups is 1. The Morgan fingerprint density at radius 1 is 1.21 bits per heavy atom. The Morgan fingerprint density at radius 3 is 2.71 bits per heavy atom. The van der Waals surface area contributed by atoms with Gasteiger partial charge < -0.3 is 10.1 Å². The van der Waals surface area contributed by atoms with Crippen molar-refractivity contribution >= 4 is 45.0 Å². The normalized spacial score (nSPS) is 20.4. The maximum absolute atomic E-state index is 12.1. The molecule has 3 aromatic rings. The number of halogens is 1. The highest BCUT2D eigenvalue weighted by atomic mass is 35.5. The third-order valence-electron chi connectivity index (χ3n) is 6.55. The minimum atomic E-state index is -0.110. The van der Waals surface area contributed by atoms with Crippen LogP contribution in [0.5, 0.6) is 5.75 Å².